The average Bonchev–Trinajstić information content (AvgIpc) is 3.55. The van der Waals surface area contributed by atoms with Crippen LogP contribution < -0.4 is 4.74 Å². The van der Waals surface area contributed by atoms with Crippen LogP contribution in [0.15, 0.2) is 34.9 Å². The lowest BCUT2D eigenvalue weighted by Gasteiger charge is -2.20. The number of aryl methyl sites for hydroxylation is 1. The molecule has 0 amide bonds. The lowest BCUT2D eigenvalue weighted by Crippen LogP contribution is -2.23. The maximum Gasteiger partial charge on any atom is 0.309 e. The van der Waals surface area contributed by atoms with Gasteiger partial charge < -0.3 is 19.0 Å². The van der Waals surface area contributed by atoms with Crippen LogP contribution in [0, 0.1) is 5.92 Å². The van der Waals surface area contributed by atoms with Crippen molar-refractivity contribution in [1.29, 1.82) is 0 Å². The third-order valence-corrected chi connectivity index (χ3v) is 6.63. The van der Waals surface area contributed by atoms with E-state index in [1.54, 1.807) is 12.1 Å². The molecular formula is C25H25ClN4O4. The number of fused-ring (bicyclic) bond motifs is 3. The van der Waals surface area contributed by atoms with Crippen molar-refractivity contribution < 1.29 is 18.8 Å². The second kappa shape index (κ2) is 9.10. The van der Waals surface area contributed by atoms with Crippen LogP contribution in [0.5, 0.6) is 5.88 Å². The van der Waals surface area contributed by atoms with Crippen molar-refractivity contribution in [3.05, 3.63) is 46.7 Å². The van der Waals surface area contributed by atoms with Crippen molar-refractivity contribution >= 4 is 28.5 Å². The SMILES string of the molecule is CCOC(=O)C(CC)C1CCc2c1[nH]c1ccc(-c3noc(-c4cc(Cl)nc(OC)c4)n3)cc21. The maximum atomic E-state index is 12.5. The lowest BCUT2D eigenvalue weighted by molar-refractivity contribution is -0.149. The summed E-state index contributed by atoms with van der Waals surface area (Å²) in [7, 11) is 1.52. The third-order valence-electron chi connectivity index (χ3n) is 6.44. The van der Waals surface area contributed by atoms with E-state index >= 15 is 0 Å². The molecule has 2 unspecified atom stereocenters. The minimum Gasteiger partial charge on any atom is -0.481 e. The summed E-state index contributed by atoms with van der Waals surface area (Å²) in [4.78, 5) is 24.7. The minimum atomic E-state index is -0.141. The number of pyridine rings is 1. The number of rotatable bonds is 7. The molecule has 0 spiro atoms. The fourth-order valence-corrected chi connectivity index (χ4v) is 5.06. The number of esters is 1. The first-order valence-electron chi connectivity index (χ1n) is 11.4. The summed E-state index contributed by atoms with van der Waals surface area (Å²) in [6, 6.07) is 9.40. The molecule has 3 aromatic heterocycles. The second-order valence-electron chi connectivity index (χ2n) is 8.33. The Morgan fingerprint density at radius 2 is 2.09 bits per heavy atom. The number of nitrogens with zero attached hydrogens (tertiary/aromatic N) is 3. The molecule has 9 heteroatoms. The topological polar surface area (TPSA) is 103 Å². The van der Waals surface area contributed by atoms with E-state index in [2.05, 4.69) is 26.2 Å². The number of hydrogen-bond donors (Lipinski definition) is 1. The normalized spacial score (nSPS) is 15.9. The van der Waals surface area contributed by atoms with Crippen LogP contribution in [0.25, 0.3) is 33.7 Å². The summed E-state index contributed by atoms with van der Waals surface area (Å²) in [6.07, 6.45) is 2.58. The van der Waals surface area contributed by atoms with Gasteiger partial charge in [-0.1, -0.05) is 23.7 Å². The Morgan fingerprint density at radius 3 is 2.85 bits per heavy atom. The molecule has 4 aromatic rings. The van der Waals surface area contributed by atoms with Crippen molar-refractivity contribution in [2.75, 3.05) is 13.7 Å². The van der Waals surface area contributed by atoms with Gasteiger partial charge in [0.05, 0.1) is 19.6 Å². The average molecular weight is 481 g/mol. The number of hydrogen-bond acceptors (Lipinski definition) is 7. The van der Waals surface area contributed by atoms with Gasteiger partial charge in [0.25, 0.3) is 5.89 Å². The van der Waals surface area contributed by atoms with E-state index in [-0.39, 0.29) is 23.0 Å². The fourth-order valence-electron chi connectivity index (χ4n) is 4.86. The Kier molecular flexibility index (Phi) is 6.00. The predicted octanol–water partition coefficient (Wildman–Crippen LogP) is 5.56. The smallest absolute Gasteiger partial charge is 0.309 e. The summed E-state index contributed by atoms with van der Waals surface area (Å²) in [5.41, 5.74) is 4.90. The van der Waals surface area contributed by atoms with E-state index in [4.69, 9.17) is 25.6 Å². The van der Waals surface area contributed by atoms with Gasteiger partial charge in [0, 0.05) is 39.7 Å². The Bertz CT molecular complexity index is 1360. The molecule has 2 atom stereocenters. The molecule has 1 aliphatic carbocycles. The van der Waals surface area contributed by atoms with Gasteiger partial charge in [0.15, 0.2) is 0 Å². The van der Waals surface area contributed by atoms with Crippen LogP contribution in [0.2, 0.25) is 5.15 Å². The van der Waals surface area contributed by atoms with Crippen LogP contribution in [0.4, 0.5) is 0 Å². The summed E-state index contributed by atoms with van der Waals surface area (Å²) < 4.78 is 16.0. The highest BCUT2D eigenvalue weighted by atomic mass is 35.5. The zero-order chi connectivity index (χ0) is 23.8. The van der Waals surface area contributed by atoms with Crippen molar-refractivity contribution in [3.8, 4) is 28.7 Å². The quantitative estimate of drug-likeness (QED) is 0.273. The second-order valence-corrected chi connectivity index (χ2v) is 8.72. The van der Waals surface area contributed by atoms with Gasteiger partial charge in [0.1, 0.15) is 5.15 Å². The van der Waals surface area contributed by atoms with Crippen molar-refractivity contribution in [3.63, 3.8) is 0 Å². The first kappa shape index (κ1) is 22.4. The Balaban J connectivity index is 1.48. The molecule has 0 bridgehead atoms. The first-order valence-corrected chi connectivity index (χ1v) is 11.8. The molecule has 34 heavy (non-hydrogen) atoms. The summed E-state index contributed by atoms with van der Waals surface area (Å²) in [5, 5.41) is 5.57. The molecular weight excluding hydrogens is 456 g/mol. The molecule has 0 aliphatic heterocycles. The van der Waals surface area contributed by atoms with E-state index in [1.165, 1.54) is 12.7 Å². The number of benzene rings is 1. The van der Waals surface area contributed by atoms with Crippen molar-refractivity contribution in [2.24, 2.45) is 5.92 Å². The predicted molar refractivity (Wildman–Crippen MR) is 128 cm³/mol. The largest absolute Gasteiger partial charge is 0.481 e. The van der Waals surface area contributed by atoms with E-state index in [9.17, 15) is 4.79 Å². The zero-order valence-corrected chi connectivity index (χ0v) is 20.0. The third kappa shape index (κ3) is 3.92. The van der Waals surface area contributed by atoms with Crippen LogP contribution in [-0.4, -0.2) is 39.8 Å². The molecule has 1 aromatic carbocycles. The van der Waals surface area contributed by atoms with Crippen LogP contribution in [-0.2, 0) is 16.0 Å². The van der Waals surface area contributed by atoms with Gasteiger partial charge in [-0.25, -0.2) is 4.98 Å². The fraction of sp³-hybridized carbons (Fsp3) is 0.360. The molecule has 1 N–H and O–H groups in total. The van der Waals surface area contributed by atoms with E-state index in [0.717, 1.165) is 41.4 Å². The number of ether oxygens (including phenoxy) is 2. The van der Waals surface area contributed by atoms with Crippen LogP contribution in [0.1, 0.15) is 43.9 Å². The number of methoxy groups -OCH3 is 1. The molecule has 0 saturated heterocycles. The molecule has 5 rings (SSSR count). The van der Waals surface area contributed by atoms with E-state index < -0.39 is 0 Å². The minimum absolute atomic E-state index is 0.116. The number of aromatic nitrogens is 4. The van der Waals surface area contributed by atoms with Gasteiger partial charge in [0.2, 0.25) is 11.7 Å². The molecule has 0 saturated carbocycles. The van der Waals surface area contributed by atoms with Gasteiger partial charge in [-0.3, -0.25) is 4.79 Å². The highest BCUT2D eigenvalue weighted by molar-refractivity contribution is 6.29. The number of carbonyl (C=O) groups is 1. The van der Waals surface area contributed by atoms with Crippen LogP contribution >= 0.6 is 11.6 Å². The zero-order valence-electron chi connectivity index (χ0n) is 19.2. The van der Waals surface area contributed by atoms with E-state index in [1.807, 2.05) is 26.0 Å². The Morgan fingerprint density at radius 1 is 1.24 bits per heavy atom. The monoisotopic (exact) mass is 480 g/mol. The number of nitrogens with one attached hydrogen (secondary N) is 1. The van der Waals surface area contributed by atoms with Gasteiger partial charge in [-0.15, -0.1) is 0 Å². The highest BCUT2D eigenvalue weighted by Crippen LogP contribution is 2.43. The van der Waals surface area contributed by atoms with Gasteiger partial charge in [-0.05, 0) is 56.0 Å². The molecule has 1 aliphatic rings. The molecule has 8 nitrogen and oxygen atoms in total. The molecule has 3 heterocycles. The number of H-pyrrole nitrogens is 1. The van der Waals surface area contributed by atoms with Crippen molar-refractivity contribution in [2.45, 2.75) is 39.0 Å². The number of halogens is 1. The van der Waals surface area contributed by atoms with Gasteiger partial charge >= 0.3 is 5.97 Å². The summed E-state index contributed by atoms with van der Waals surface area (Å²) in [6.45, 7) is 4.29. The lowest BCUT2D eigenvalue weighted by atomic mass is 9.88. The molecule has 176 valence electrons. The standard InChI is InChI=1S/C25H25ClN4O4/c1-4-15(25(31)33-5-2)16-7-8-17-18-10-13(6-9-19(18)27-22(16)17)23-29-24(34-30-23)14-11-20(26)28-21(12-14)32-3/h6,9-12,15-16,27H,4-5,7-8H2,1-3H3. The first-order chi connectivity index (χ1) is 16.5. The molecule has 0 radical (unpaired) electrons. The summed E-state index contributed by atoms with van der Waals surface area (Å²) in [5.74, 6) is 1.06. The Hall–Kier alpha value is -3.39. The number of carbonyl (C=O) groups excluding carboxylic acids is 1. The Labute approximate surface area is 201 Å². The van der Waals surface area contributed by atoms with Crippen LogP contribution in [0.3, 0.4) is 0 Å². The maximum absolute atomic E-state index is 12.5. The number of aromatic amines is 1. The van der Waals surface area contributed by atoms with E-state index in [0.29, 0.717) is 29.8 Å². The highest BCUT2D eigenvalue weighted by Gasteiger charge is 2.36. The molecule has 0 fully saturated rings. The van der Waals surface area contributed by atoms with Gasteiger partial charge in [-0.2, -0.15) is 4.98 Å². The summed E-state index contributed by atoms with van der Waals surface area (Å²) >= 11 is 6.08. The van der Waals surface area contributed by atoms with Crippen molar-refractivity contribution in [1.82, 2.24) is 20.1 Å².